The Hall–Kier alpha value is -1.59. The first-order valence-corrected chi connectivity index (χ1v) is 26.3. The maximum atomic E-state index is 12.8. The molecular weight excluding hydrogens is 733 g/mol. The molecule has 1 unspecified atom stereocenters. The fraction of sp³-hybridized carbons (Fsp3) is 0.943. The third-order valence-corrected chi connectivity index (χ3v) is 12.3. The molecule has 0 radical (unpaired) electrons. The fourth-order valence-corrected chi connectivity index (χ4v) is 7.96. The molecule has 0 N–H and O–H groups in total. The average Bonchev–Trinajstić information content (AvgIpc) is 3.22. The largest absolute Gasteiger partial charge is 0.462 e. The lowest BCUT2D eigenvalue weighted by atomic mass is 9.99. The first-order chi connectivity index (χ1) is 28.8. The molecule has 59 heavy (non-hydrogen) atoms. The minimum atomic E-state index is -0.762. The molecule has 350 valence electrons. The van der Waals surface area contributed by atoms with Crippen LogP contribution in [0.15, 0.2) is 0 Å². The van der Waals surface area contributed by atoms with Crippen LogP contribution in [-0.4, -0.2) is 37.2 Å². The predicted octanol–water partition coefficient (Wildman–Crippen LogP) is 16.9. The topological polar surface area (TPSA) is 78.9 Å². The van der Waals surface area contributed by atoms with Crippen LogP contribution in [0.2, 0.25) is 0 Å². The van der Waals surface area contributed by atoms with E-state index in [-0.39, 0.29) is 31.1 Å². The van der Waals surface area contributed by atoms with Crippen molar-refractivity contribution in [1.29, 1.82) is 0 Å². The molecule has 0 fully saturated rings. The number of carbonyl (C=O) groups is 3. The second kappa shape index (κ2) is 45.9. The third kappa shape index (κ3) is 45.8. The van der Waals surface area contributed by atoms with Crippen molar-refractivity contribution < 1.29 is 28.6 Å². The van der Waals surface area contributed by atoms with E-state index in [1.54, 1.807) is 0 Å². The number of carbonyl (C=O) groups excluding carboxylic acids is 3. The Labute approximate surface area is 368 Å². The van der Waals surface area contributed by atoms with Gasteiger partial charge < -0.3 is 14.2 Å². The van der Waals surface area contributed by atoms with Gasteiger partial charge in [0.1, 0.15) is 13.2 Å². The Morgan fingerprint density at radius 2 is 0.644 bits per heavy atom. The van der Waals surface area contributed by atoms with Crippen LogP contribution in [0.4, 0.5) is 0 Å². The van der Waals surface area contributed by atoms with Gasteiger partial charge in [-0.3, -0.25) is 14.4 Å². The quantitative estimate of drug-likeness (QED) is 0.0345. The Morgan fingerprint density at radius 3 is 0.966 bits per heavy atom. The molecule has 0 aliphatic carbocycles. The van der Waals surface area contributed by atoms with E-state index in [0.29, 0.717) is 19.3 Å². The van der Waals surface area contributed by atoms with Gasteiger partial charge in [0, 0.05) is 19.3 Å². The summed E-state index contributed by atoms with van der Waals surface area (Å²) in [6.45, 7) is 11.4. The maximum Gasteiger partial charge on any atom is 0.306 e. The van der Waals surface area contributed by atoms with Gasteiger partial charge >= 0.3 is 17.9 Å². The van der Waals surface area contributed by atoms with Crippen molar-refractivity contribution in [3.63, 3.8) is 0 Å². The van der Waals surface area contributed by atoms with E-state index in [0.717, 1.165) is 69.6 Å². The van der Waals surface area contributed by atoms with Crippen LogP contribution >= 0.6 is 0 Å². The SMILES string of the molecule is CCCCCCCCCCCCCCCCC(=O)O[C@@H](COC(=O)CCCCCCCCCCCCC(C)C)COC(=O)CCCCCCCCCCCCC(C)CC. The molecule has 0 aliphatic heterocycles. The molecule has 0 aliphatic rings. The van der Waals surface area contributed by atoms with Crippen molar-refractivity contribution in [2.75, 3.05) is 13.2 Å². The van der Waals surface area contributed by atoms with Gasteiger partial charge in [0.25, 0.3) is 0 Å². The van der Waals surface area contributed by atoms with Gasteiger partial charge in [-0.1, -0.05) is 253 Å². The van der Waals surface area contributed by atoms with E-state index < -0.39 is 6.10 Å². The number of hydrogen-bond donors (Lipinski definition) is 0. The number of ether oxygens (including phenoxy) is 3. The monoisotopic (exact) mass is 835 g/mol. The molecule has 0 aromatic heterocycles. The molecule has 6 nitrogen and oxygen atoms in total. The molecule has 0 saturated carbocycles. The Bertz CT molecular complexity index is 902. The minimum Gasteiger partial charge on any atom is -0.462 e. The maximum absolute atomic E-state index is 12.8. The first kappa shape index (κ1) is 57.4. The lowest BCUT2D eigenvalue weighted by Crippen LogP contribution is -2.30. The summed E-state index contributed by atoms with van der Waals surface area (Å²) in [6.07, 6.45) is 46.5. The van der Waals surface area contributed by atoms with E-state index in [4.69, 9.17) is 14.2 Å². The average molecular weight is 835 g/mol. The molecule has 6 heteroatoms. The smallest absolute Gasteiger partial charge is 0.306 e. The van der Waals surface area contributed by atoms with Gasteiger partial charge in [0.05, 0.1) is 0 Å². The van der Waals surface area contributed by atoms with Crippen LogP contribution in [0.3, 0.4) is 0 Å². The van der Waals surface area contributed by atoms with Crippen LogP contribution in [0, 0.1) is 11.8 Å². The van der Waals surface area contributed by atoms with Crippen molar-refractivity contribution in [3.05, 3.63) is 0 Å². The summed E-state index contributed by atoms with van der Waals surface area (Å²) in [5.74, 6) is 0.841. The van der Waals surface area contributed by atoms with Crippen molar-refractivity contribution in [1.82, 2.24) is 0 Å². The Kier molecular flexibility index (Phi) is 44.7. The number of unbranched alkanes of at least 4 members (excludes halogenated alkanes) is 31. The van der Waals surface area contributed by atoms with Gasteiger partial charge in [-0.25, -0.2) is 0 Å². The Balaban J connectivity index is 4.33. The molecule has 0 amide bonds. The van der Waals surface area contributed by atoms with E-state index in [2.05, 4.69) is 34.6 Å². The molecule has 0 spiro atoms. The van der Waals surface area contributed by atoms with E-state index in [1.807, 2.05) is 0 Å². The second-order valence-electron chi connectivity index (χ2n) is 18.9. The van der Waals surface area contributed by atoms with Crippen LogP contribution in [-0.2, 0) is 28.6 Å². The van der Waals surface area contributed by atoms with Gasteiger partial charge in [0.2, 0.25) is 0 Å². The second-order valence-corrected chi connectivity index (χ2v) is 18.9. The van der Waals surface area contributed by atoms with Crippen LogP contribution < -0.4 is 0 Å². The summed E-state index contributed by atoms with van der Waals surface area (Å²) in [5.41, 5.74) is 0. The number of rotatable bonds is 47. The van der Waals surface area contributed by atoms with Crippen LogP contribution in [0.5, 0.6) is 0 Å². The summed E-state index contributed by atoms with van der Waals surface area (Å²) >= 11 is 0. The van der Waals surface area contributed by atoms with Crippen molar-refractivity contribution >= 4 is 17.9 Å². The Morgan fingerprint density at radius 1 is 0.356 bits per heavy atom. The summed E-state index contributed by atoms with van der Waals surface area (Å²) in [4.78, 5) is 38.0. The minimum absolute atomic E-state index is 0.0638. The van der Waals surface area contributed by atoms with Crippen molar-refractivity contribution in [2.24, 2.45) is 11.8 Å². The van der Waals surface area contributed by atoms with E-state index >= 15 is 0 Å². The highest BCUT2D eigenvalue weighted by atomic mass is 16.6. The van der Waals surface area contributed by atoms with Crippen molar-refractivity contribution in [2.45, 2.75) is 298 Å². The normalized spacial score (nSPS) is 12.5. The van der Waals surface area contributed by atoms with Gasteiger partial charge in [-0.2, -0.15) is 0 Å². The van der Waals surface area contributed by atoms with Crippen molar-refractivity contribution in [3.8, 4) is 0 Å². The zero-order chi connectivity index (χ0) is 43.3. The van der Waals surface area contributed by atoms with Crippen LogP contribution in [0.1, 0.15) is 291 Å². The van der Waals surface area contributed by atoms with Gasteiger partial charge in [0.15, 0.2) is 6.10 Å². The zero-order valence-corrected chi connectivity index (χ0v) is 40.4. The lowest BCUT2D eigenvalue weighted by Gasteiger charge is -2.18. The fourth-order valence-electron chi connectivity index (χ4n) is 7.96. The number of hydrogen-bond acceptors (Lipinski definition) is 6. The van der Waals surface area contributed by atoms with Gasteiger partial charge in [-0.15, -0.1) is 0 Å². The van der Waals surface area contributed by atoms with Gasteiger partial charge in [-0.05, 0) is 31.1 Å². The molecule has 0 aromatic carbocycles. The molecule has 0 saturated heterocycles. The third-order valence-electron chi connectivity index (χ3n) is 12.3. The molecule has 0 bridgehead atoms. The van der Waals surface area contributed by atoms with E-state index in [9.17, 15) is 14.4 Å². The molecule has 0 rings (SSSR count). The summed E-state index contributed by atoms with van der Waals surface area (Å²) in [6, 6.07) is 0. The first-order valence-electron chi connectivity index (χ1n) is 26.3. The summed E-state index contributed by atoms with van der Waals surface area (Å²) in [7, 11) is 0. The summed E-state index contributed by atoms with van der Waals surface area (Å²) < 4.78 is 16.8. The predicted molar refractivity (Wildman–Crippen MR) is 252 cm³/mol. The molecule has 0 heterocycles. The standard InChI is InChI=1S/C53H102O6/c1-6-8-9-10-11-12-13-14-15-16-25-30-35-40-45-53(56)59-50(46-57-51(54)43-38-33-28-23-19-17-21-26-31-36-41-48(3)4)47-58-52(55)44-39-34-29-24-20-18-22-27-32-37-42-49(5)7-2/h48-50H,6-47H2,1-5H3/t49?,50-/m0/s1. The highest BCUT2D eigenvalue weighted by molar-refractivity contribution is 5.71. The van der Waals surface area contributed by atoms with Crippen LogP contribution in [0.25, 0.3) is 0 Å². The highest BCUT2D eigenvalue weighted by Crippen LogP contribution is 2.18. The zero-order valence-electron chi connectivity index (χ0n) is 40.4. The molecular formula is C53H102O6. The molecule has 0 aromatic rings. The lowest BCUT2D eigenvalue weighted by molar-refractivity contribution is -0.167. The number of esters is 3. The summed E-state index contributed by atoms with van der Waals surface area (Å²) in [5, 5.41) is 0. The molecule has 2 atom stereocenters. The van der Waals surface area contributed by atoms with E-state index in [1.165, 1.54) is 180 Å². The highest BCUT2D eigenvalue weighted by Gasteiger charge is 2.19.